The summed E-state index contributed by atoms with van der Waals surface area (Å²) in [5.41, 5.74) is 1.41. The number of carbonyl (C=O) groups excluding carboxylic acids is 1. The van der Waals surface area contributed by atoms with Crippen molar-refractivity contribution in [1.29, 1.82) is 0 Å². The molecule has 0 aliphatic carbocycles. The van der Waals surface area contributed by atoms with Crippen LogP contribution in [0.15, 0.2) is 42.7 Å². The molecule has 5 heteroatoms. The minimum atomic E-state index is -0.698. The zero-order chi connectivity index (χ0) is 12.3. The van der Waals surface area contributed by atoms with E-state index in [1.54, 1.807) is 24.1 Å². The summed E-state index contributed by atoms with van der Waals surface area (Å²) in [5, 5.41) is 5.97. The van der Waals surface area contributed by atoms with E-state index in [4.69, 9.17) is 11.6 Å². The number of amides is 1. The van der Waals surface area contributed by atoms with Crippen molar-refractivity contribution in [3.63, 3.8) is 0 Å². The lowest BCUT2D eigenvalue weighted by Crippen LogP contribution is -2.16. The maximum absolute atomic E-state index is 11.8. The van der Waals surface area contributed by atoms with E-state index in [2.05, 4.69) is 10.4 Å². The lowest BCUT2D eigenvalue weighted by Gasteiger charge is -2.09. The first kappa shape index (κ1) is 11.7. The normalized spacial score (nSPS) is 12.1. The fourth-order valence-electron chi connectivity index (χ4n) is 1.46. The van der Waals surface area contributed by atoms with Crippen LogP contribution in [0.2, 0.25) is 0 Å². The molecule has 0 spiro atoms. The summed E-state index contributed by atoms with van der Waals surface area (Å²) in [4.78, 5) is 11.8. The van der Waals surface area contributed by atoms with E-state index in [9.17, 15) is 4.79 Å². The first-order valence-corrected chi connectivity index (χ1v) is 5.59. The molecular weight excluding hydrogens is 238 g/mol. The van der Waals surface area contributed by atoms with Crippen LogP contribution in [0.5, 0.6) is 0 Å². The number of nitrogens with zero attached hydrogens (tertiary/aromatic N) is 2. The number of halogens is 1. The van der Waals surface area contributed by atoms with Crippen LogP contribution in [0.3, 0.4) is 0 Å². The smallest absolute Gasteiger partial charge is 0.247 e. The van der Waals surface area contributed by atoms with Crippen LogP contribution in [0.25, 0.3) is 0 Å². The van der Waals surface area contributed by atoms with Crippen LogP contribution < -0.4 is 5.32 Å². The molecular formula is C12H12ClN3O. The van der Waals surface area contributed by atoms with E-state index in [0.717, 1.165) is 5.56 Å². The molecule has 1 aromatic heterocycles. The van der Waals surface area contributed by atoms with Crippen molar-refractivity contribution in [2.75, 3.05) is 5.32 Å². The van der Waals surface area contributed by atoms with Gasteiger partial charge >= 0.3 is 0 Å². The lowest BCUT2D eigenvalue weighted by molar-refractivity contribution is -0.116. The third-order valence-corrected chi connectivity index (χ3v) is 2.75. The van der Waals surface area contributed by atoms with Crippen LogP contribution in [-0.4, -0.2) is 15.7 Å². The Kier molecular flexibility index (Phi) is 3.44. The minimum absolute atomic E-state index is 0.258. The van der Waals surface area contributed by atoms with Crippen LogP contribution in [0.1, 0.15) is 10.9 Å². The molecule has 1 amide bonds. The van der Waals surface area contributed by atoms with Gasteiger partial charge in [-0.15, -0.1) is 11.6 Å². The Morgan fingerprint density at radius 3 is 2.71 bits per heavy atom. The van der Waals surface area contributed by atoms with Crippen molar-refractivity contribution >= 4 is 23.2 Å². The SMILES string of the molecule is Cn1cc(NC(=O)C(Cl)c2ccccc2)cn1. The predicted molar refractivity (Wildman–Crippen MR) is 66.9 cm³/mol. The summed E-state index contributed by atoms with van der Waals surface area (Å²) in [6, 6.07) is 9.22. The third-order valence-electron chi connectivity index (χ3n) is 2.29. The number of benzene rings is 1. The molecule has 0 aliphatic heterocycles. The first-order valence-electron chi connectivity index (χ1n) is 5.15. The van der Waals surface area contributed by atoms with Crippen LogP contribution in [0, 0.1) is 0 Å². The summed E-state index contributed by atoms with van der Waals surface area (Å²) in [6.07, 6.45) is 3.29. The highest BCUT2D eigenvalue weighted by Crippen LogP contribution is 2.21. The van der Waals surface area contributed by atoms with Gasteiger partial charge in [-0.1, -0.05) is 30.3 Å². The van der Waals surface area contributed by atoms with Gasteiger partial charge in [0.05, 0.1) is 11.9 Å². The maximum atomic E-state index is 11.8. The Morgan fingerprint density at radius 2 is 2.12 bits per heavy atom. The molecule has 0 saturated carbocycles. The van der Waals surface area contributed by atoms with E-state index in [-0.39, 0.29) is 5.91 Å². The molecule has 1 aromatic carbocycles. The number of rotatable bonds is 3. The van der Waals surface area contributed by atoms with E-state index < -0.39 is 5.38 Å². The van der Waals surface area contributed by atoms with Gasteiger partial charge < -0.3 is 5.32 Å². The zero-order valence-electron chi connectivity index (χ0n) is 9.30. The Morgan fingerprint density at radius 1 is 1.41 bits per heavy atom. The van der Waals surface area contributed by atoms with Crippen molar-refractivity contribution < 1.29 is 4.79 Å². The highest BCUT2D eigenvalue weighted by Gasteiger charge is 2.17. The lowest BCUT2D eigenvalue weighted by atomic mass is 10.1. The second kappa shape index (κ2) is 5.01. The molecule has 0 saturated heterocycles. The number of hydrogen-bond donors (Lipinski definition) is 1. The van der Waals surface area contributed by atoms with Crippen LogP contribution >= 0.6 is 11.6 Å². The van der Waals surface area contributed by atoms with E-state index >= 15 is 0 Å². The summed E-state index contributed by atoms with van der Waals surface area (Å²) in [5.74, 6) is -0.258. The molecule has 1 N–H and O–H groups in total. The van der Waals surface area contributed by atoms with Crippen LogP contribution in [-0.2, 0) is 11.8 Å². The number of aromatic nitrogens is 2. The van der Waals surface area contributed by atoms with Crippen molar-refractivity contribution in [2.24, 2.45) is 7.05 Å². The van der Waals surface area contributed by atoms with Crippen LogP contribution in [0.4, 0.5) is 5.69 Å². The van der Waals surface area contributed by atoms with Gasteiger partial charge in [0.25, 0.3) is 0 Å². The minimum Gasteiger partial charge on any atom is -0.322 e. The van der Waals surface area contributed by atoms with Crippen molar-refractivity contribution in [3.05, 3.63) is 48.3 Å². The fourth-order valence-corrected chi connectivity index (χ4v) is 1.66. The zero-order valence-corrected chi connectivity index (χ0v) is 10.1. The number of alkyl halides is 1. The summed E-state index contributed by atoms with van der Waals surface area (Å²) >= 11 is 6.07. The molecule has 88 valence electrons. The summed E-state index contributed by atoms with van der Waals surface area (Å²) in [7, 11) is 1.78. The van der Waals surface area contributed by atoms with Crippen molar-refractivity contribution in [2.45, 2.75) is 5.38 Å². The average molecular weight is 250 g/mol. The Labute approximate surface area is 104 Å². The fraction of sp³-hybridized carbons (Fsp3) is 0.167. The third kappa shape index (κ3) is 2.85. The van der Waals surface area contributed by atoms with Gasteiger partial charge in [-0.3, -0.25) is 9.48 Å². The molecule has 2 aromatic rings. The topological polar surface area (TPSA) is 46.9 Å². The maximum Gasteiger partial charge on any atom is 0.247 e. The standard InChI is InChI=1S/C12H12ClN3O/c1-16-8-10(7-14-16)15-12(17)11(13)9-5-3-2-4-6-9/h2-8,11H,1H3,(H,15,17). The predicted octanol–water partition coefficient (Wildman–Crippen LogP) is 2.34. The average Bonchev–Trinajstić information content (AvgIpc) is 2.75. The van der Waals surface area contributed by atoms with Gasteiger partial charge in [0.1, 0.15) is 5.38 Å². The number of anilines is 1. The number of hydrogen-bond acceptors (Lipinski definition) is 2. The van der Waals surface area contributed by atoms with E-state index in [1.165, 1.54) is 0 Å². The van der Waals surface area contributed by atoms with Crippen molar-refractivity contribution in [3.8, 4) is 0 Å². The van der Waals surface area contributed by atoms with E-state index in [1.807, 2.05) is 30.3 Å². The van der Waals surface area contributed by atoms with Gasteiger partial charge in [0.15, 0.2) is 0 Å². The molecule has 4 nitrogen and oxygen atoms in total. The Balaban J connectivity index is 2.06. The van der Waals surface area contributed by atoms with Gasteiger partial charge in [0.2, 0.25) is 5.91 Å². The van der Waals surface area contributed by atoms with Gasteiger partial charge in [-0.2, -0.15) is 5.10 Å². The van der Waals surface area contributed by atoms with Gasteiger partial charge in [0, 0.05) is 13.2 Å². The molecule has 1 atom stereocenters. The summed E-state index contributed by atoms with van der Waals surface area (Å²) < 4.78 is 1.61. The largest absolute Gasteiger partial charge is 0.322 e. The molecule has 2 rings (SSSR count). The molecule has 0 aliphatic rings. The highest BCUT2D eigenvalue weighted by molar-refractivity contribution is 6.32. The molecule has 1 heterocycles. The van der Waals surface area contributed by atoms with E-state index in [0.29, 0.717) is 5.69 Å². The summed E-state index contributed by atoms with van der Waals surface area (Å²) in [6.45, 7) is 0. The second-order valence-electron chi connectivity index (χ2n) is 3.67. The quantitative estimate of drug-likeness (QED) is 0.849. The second-order valence-corrected chi connectivity index (χ2v) is 4.10. The molecule has 17 heavy (non-hydrogen) atoms. The monoisotopic (exact) mass is 249 g/mol. The van der Waals surface area contributed by atoms with Gasteiger partial charge in [-0.25, -0.2) is 0 Å². The molecule has 0 radical (unpaired) electrons. The molecule has 1 unspecified atom stereocenters. The Bertz CT molecular complexity index is 509. The molecule has 0 bridgehead atoms. The number of carbonyl (C=O) groups is 1. The Hall–Kier alpha value is -1.81. The first-order chi connectivity index (χ1) is 8.16. The number of aryl methyl sites for hydroxylation is 1. The highest BCUT2D eigenvalue weighted by atomic mass is 35.5. The number of nitrogens with one attached hydrogen (secondary N) is 1. The van der Waals surface area contributed by atoms with Crippen molar-refractivity contribution in [1.82, 2.24) is 9.78 Å². The molecule has 0 fully saturated rings. The van der Waals surface area contributed by atoms with Gasteiger partial charge in [-0.05, 0) is 5.56 Å².